The van der Waals surface area contributed by atoms with E-state index in [1.165, 1.54) is 17.0 Å². The number of rotatable bonds is 2. The molecule has 3 aromatic rings. The van der Waals surface area contributed by atoms with Crippen LogP contribution in [0.15, 0.2) is 84.4 Å². The predicted molar refractivity (Wildman–Crippen MR) is 118 cm³/mol. The molecule has 158 valence electrons. The first kappa shape index (κ1) is 19.6. The fraction of sp³-hybridized carbons (Fsp3) is 0.0800. The van der Waals surface area contributed by atoms with Crippen molar-refractivity contribution in [2.75, 3.05) is 16.8 Å². The molecule has 3 aromatic carbocycles. The van der Waals surface area contributed by atoms with Crippen molar-refractivity contribution in [1.82, 2.24) is 0 Å². The molecule has 2 aliphatic rings. The first-order chi connectivity index (χ1) is 15.4. The zero-order chi connectivity index (χ0) is 22.6. The molecular formula is C25H18N2O5. The van der Waals surface area contributed by atoms with Crippen LogP contribution in [-0.2, 0) is 19.9 Å². The minimum absolute atomic E-state index is 0.000153. The summed E-state index contributed by atoms with van der Waals surface area (Å²) in [6.07, 6.45) is 0. The number of fused-ring (bicyclic) bond motifs is 2. The Hall–Kier alpha value is -4.39. The molecule has 1 fully saturated rings. The zero-order valence-corrected chi connectivity index (χ0v) is 17.0. The Morgan fingerprint density at radius 3 is 2.09 bits per heavy atom. The molecule has 0 aliphatic carbocycles. The Morgan fingerprint density at radius 2 is 1.41 bits per heavy atom. The Balaban J connectivity index is 1.93. The highest BCUT2D eigenvalue weighted by atomic mass is 16.3. The summed E-state index contributed by atoms with van der Waals surface area (Å²) < 4.78 is 0. The van der Waals surface area contributed by atoms with E-state index in [9.17, 15) is 24.6 Å². The second-order valence-corrected chi connectivity index (χ2v) is 7.64. The van der Waals surface area contributed by atoms with E-state index in [-0.39, 0.29) is 17.0 Å². The van der Waals surface area contributed by atoms with E-state index in [4.69, 9.17) is 0 Å². The van der Waals surface area contributed by atoms with Gasteiger partial charge >= 0.3 is 5.91 Å². The SMILES string of the molecule is CN1C(=O)C2(/C(=C(\O)c3ccccc3)C(=O)C(=O)N2c2ccccc2O)c2ccccc21. The van der Waals surface area contributed by atoms with Gasteiger partial charge in [-0.2, -0.15) is 0 Å². The number of phenolic OH excluding ortho intramolecular Hbond substituents is 1. The number of likely N-dealkylation sites (N-methyl/N-ethyl adjacent to an activating group) is 1. The minimum atomic E-state index is -1.96. The molecule has 0 aromatic heterocycles. The fourth-order valence-corrected chi connectivity index (χ4v) is 4.60. The van der Waals surface area contributed by atoms with Crippen molar-refractivity contribution < 1.29 is 24.6 Å². The topological polar surface area (TPSA) is 98.2 Å². The number of aromatic hydroxyl groups is 1. The summed E-state index contributed by atoms with van der Waals surface area (Å²) in [6.45, 7) is 0. The normalized spacial score (nSPS) is 21.5. The zero-order valence-electron chi connectivity index (χ0n) is 17.0. The van der Waals surface area contributed by atoms with Gasteiger partial charge in [-0.3, -0.25) is 19.3 Å². The van der Waals surface area contributed by atoms with E-state index >= 15 is 0 Å². The van der Waals surface area contributed by atoms with Crippen molar-refractivity contribution in [2.45, 2.75) is 5.54 Å². The van der Waals surface area contributed by atoms with Crippen LogP contribution >= 0.6 is 0 Å². The number of ketones is 1. The minimum Gasteiger partial charge on any atom is -0.507 e. The number of amides is 2. The fourth-order valence-electron chi connectivity index (χ4n) is 4.60. The number of para-hydroxylation sites is 3. The average molecular weight is 426 g/mol. The molecule has 1 spiro atoms. The number of nitrogens with zero attached hydrogens (tertiary/aromatic N) is 2. The van der Waals surface area contributed by atoms with Crippen molar-refractivity contribution >= 4 is 34.7 Å². The van der Waals surface area contributed by atoms with Crippen molar-refractivity contribution in [2.24, 2.45) is 0 Å². The summed E-state index contributed by atoms with van der Waals surface area (Å²) in [6, 6.07) is 21.1. The molecule has 2 aliphatic heterocycles. The van der Waals surface area contributed by atoms with E-state index in [0.717, 1.165) is 4.90 Å². The van der Waals surface area contributed by atoms with Gasteiger partial charge < -0.3 is 15.1 Å². The van der Waals surface area contributed by atoms with E-state index in [0.29, 0.717) is 16.8 Å². The standard InChI is InChI=1S/C25H18N2O5/c1-26-17-12-6-5-11-16(17)25(24(26)32)20(21(29)15-9-3-2-4-10-15)22(30)23(31)27(25)18-13-7-8-14-19(18)28/h2-14,28-29H,1H3/b21-20-. The van der Waals surface area contributed by atoms with Gasteiger partial charge in [0.2, 0.25) is 0 Å². The smallest absolute Gasteiger partial charge is 0.300 e. The van der Waals surface area contributed by atoms with Gasteiger partial charge in [0, 0.05) is 23.9 Å². The maximum atomic E-state index is 13.9. The van der Waals surface area contributed by atoms with E-state index < -0.39 is 28.9 Å². The Bertz CT molecular complexity index is 1330. The molecule has 1 atom stereocenters. The number of phenols is 1. The maximum absolute atomic E-state index is 13.9. The van der Waals surface area contributed by atoms with Gasteiger partial charge in [0.25, 0.3) is 11.7 Å². The third-order valence-electron chi connectivity index (χ3n) is 6.00. The third kappa shape index (κ3) is 2.33. The lowest BCUT2D eigenvalue weighted by Crippen LogP contribution is -2.51. The summed E-state index contributed by atoms with van der Waals surface area (Å²) in [4.78, 5) is 43.0. The average Bonchev–Trinajstić information content (AvgIpc) is 3.18. The highest BCUT2D eigenvalue weighted by Crippen LogP contribution is 2.55. The van der Waals surface area contributed by atoms with Crippen LogP contribution in [0.4, 0.5) is 11.4 Å². The van der Waals surface area contributed by atoms with Crippen molar-refractivity contribution in [3.05, 3.63) is 95.6 Å². The maximum Gasteiger partial charge on any atom is 0.300 e. The third-order valence-corrected chi connectivity index (χ3v) is 6.00. The van der Waals surface area contributed by atoms with Crippen molar-refractivity contribution in [3.63, 3.8) is 0 Å². The van der Waals surface area contributed by atoms with Crippen molar-refractivity contribution in [1.29, 1.82) is 0 Å². The molecule has 5 rings (SSSR count). The molecule has 32 heavy (non-hydrogen) atoms. The van der Waals surface area contributed by atoms with Crippen molar-refractivity contribution in [3.8, 4) is 5.75 Å². The molecule has 2 amide bonds. The molecule has 1 unspecified atom stereocenters. The first-order valence-electron chi connectivity index (χ1n) is 9.94. The molecule has 2 N–H and O–H groups in total. The number of Topliss-reactive ketones (excluding diaryl/α,β-unsaturated/α-hetero) is 1. The summed E-state index contributed by atoms with van der Waals surface area (Å²) in [7, 11) is 1.55. The molecular weight excluding hydrogens is 408 g/mol. The van der Waals surface area contributed by atoms with Crippen LogP contribution in [0.25, 0.3) is 5.76 Å². The number of hydrogen-bond acceptors (Lipinski definition) is 5. The molecule has 7 heteroatoms. The number of benzene rings is 3. The number of aliphatic hydroxyl groups is 1. The van der Waals surface area contributed by atoms with Gasteiger partial charge in [-0.1, -0.05) is 60.7 Å². The van der Waals surface area contributed by atoms with Gasteiger partial charge in [-0.05, 0) is 18.2 Å². The van der Waals surface area contributed by atoms with E-state index in [1.54, 1.807) is 73.8 Å². The lowest BCUT2D eigenvalue weighted by atomic mass is 9.81. The summed E-state index contributed by atoms with van der Waals surface area (Å²) in [5.41, 5.74) is -1.13. The second-order valence-electron chi connectivity index (χ2n) is 7.64. The van der Waals surface area contributed by atoms with E-state index in [1.807, 2.05) is 0 Å². The molecule has 2 heterocycles. The van der Waals surface area contributed by atoms with Crippen LogP contribution in [-0.4, -0.2) is 34.9 Å². The number of anilines is 2. The molecule has 0 bridgehead atoms. The second kappa shape index (κ2) is 6.81. The summed E-state index contributed by atoms with van der Waals surface area (Å²) in [5.74, 6) is -3.33. The van der Waals surface area contributed by atoms with Crippen LogP contribution in [0, 0.1) is 0 Å². The van der Waals surface area contributed by atoms with Crippen LogP contribution in [0.1, 0.15) is 11.1 Å². The molecule has 7 nitrogen and oxygen atoms in total. The summed E-state index contributed by atoms with van der Waals surface area (Å²) in [5, 5.41) is 21.8. The van der Waals surface area contributed by atoms with Crippen LogP contribution in [0.3, 0.4) is 0 Å². The number of hydrogen-bond donors (Lipinski definition) is 2. The first-order valence-corrected chi connectivity index (χ1v) is 9.94. The Labute approximate surface area is 183 Å². The molecule has 1 saturated heterocycles. The van der Waals surface area contributed by atoms with Crippen LogP contribution < -0.4 is 9.80 Å². The van der Waals surface area contributed by atoms with Crippen LogP contribution in [0.5, 0.6) is 5.75 Å². The molecule has 0 saturated carbocycles. The van der Waals surface area contributed by atoms with Gasteiger partial charge in [0.1, 0.15) is 11.5 Å². The summed E-state index contributed by atoms with van der Waals surface area (Å²) >= 11 is 0. The Kier molecular flexibility index (Phi) is 4.17. The van der Waals surface area contributed by atoms with Gasteiger partial charge in [-0.25, -0.2) is 0 Å². The lowest BCUT2D eigenvalue weighted by Gasteiger charge is -2.34. The largest absolute Gasteiger partial charge is 0.507 e. The number of carbonyl (C=O) groups excluding carboxylic acids is 3. The number of aliphatic hydroxyl groups excluding tert-OH is 1. The lowest BCUT2D eigenvalue weighted by molar-refractivity contribution is -0.132. The highest BCUT2D eigenvalue weighted by Gasteiger charge is 2.67. The van der Waals surface area contributed by atoms with Gasteiger partial charge in [0.15, 0.2) is 5.54 Å². The quantitative estimate of drug-likeness (QED) is 0.373. The molecule has 0 radical (unpaired) electrons. The van der Waals surface area contributed by atoms with Gasteiger partial charge in [0.05, 0.1) is 11.3 Å². The van der Waals surface area contributed by atoms with Crippen LogP contribution in [0.2, 0.25) is 0 Å². The predicted octanol–water partition coefficient (Wildman–Crippen LogP) is 3.15. The number of carbonyl (C=O) groups is 3. The van der Waals surface area contributed by atoms with Gasteiger partial charge in [-0.15, -0.1) is 0 Å². The highest BCUT2D eigenvalue weighted by molar-refractivity contribution is 6.55. The Morgan fingerprint density at radius 1 is 0.812 bits per heavy atom. The monoisotopic (exact) mass is 426 g/mol. The van der Waals surface area contributed by atoms with E-state index in [2.05, 4.69) is 0 Å².